The summed E-state index contributed by atoms with van der Waals surface area (Å²) in [6, 6.07) is 12.9. The molecule has 7 heteroatoms. The van der Waals surface area contributed by atoms with Crippen LogP contribution in [0.4, 0.5) is 20.4 Å². The molecular formula is C20H17F2N5. The third kappa shape index (κ3) is 4.07. The largest absolute Gasteiger partial charge is 0.324 e. The summed E-state index contributed by atoms with van der Waals surface area (Å²) in [5.41, 5.74) is 8.29. The number of aromatic nitrogens is 2. The number of anilines is 2. The zero-order valence-electron chi connectivity index (χ0n) is 14.8. The van der Waals surface area contributed by atoms with Crippen molar-refractivity contribution in [1.29, 1.82) is 5.26 Å². The van der Waals surface area contributed by atoms with Gasteiger partial charge in [0.2, 0.25) is 5.95 Å². The maximum Gasteiger partial charge on any atom is 0.227 e. The number of nitrogens with two attached hydrogens (primary N) is 1. The van der Waals surface area contributed by atoms with Crippen LogP contribution in [0.3, 0.4) is 0 Å². The van der Waals surface area contributed by atoms with E-state index in [1.54, 1.807) is 0 Å². The van der Waals surface area contributed by atoms with E-state index in [9.17, 15) is 14.0 Å². The summed E-state index contributed by atoms with van der Waals surface area (Å²) in [6.45, 7) is 3.80. The van der Waals surface area contributed by atoms with Crippen LogP contribution in [-0.2, 0) is 5.54 Å². The van der Waals surface area contributed by atoms with Crippen molar-refractivity contribution >= 4 is 11.6 Å². The summed E-state index contributed by atoms with van der Waals surface area (Å²) < 4.78 is 26.4. The van der Waals surface area contributed by atoms with Crippen molar-refractivity contribution in [2.24, 2.45) is 5.73 Å². The highest BCUT2D eigenvalue weighted by Gasteiger charge is 2.15. The van der Waals surface area contributed by atoms with Gasteiger partial charge in [-0.25, -0.2) is 18.7 Å². The second-order valence-corrected chi connectivity index (χ2v) is 6.62. The molecule has 0 saturated heterocycles. The minimum atomic E-state index is -0.978. The first-order valence-corrected chi connectivity index (χ1v) is 8.17. The smallest absolute Gasteiger partial charge is 0.227 e. The molecule has 3 rings (SSSR count). The SMILES string of the molecule is CC(C)(N)c1ccc(-c2nc(Nc3ccc(F)c(F)c3)ncc2C#N)cc1. The summed E-state index contributed by atoms with van der Waals surface area (Å²) in [6.07, 6.45) is 1.38. The van der Waals surface area contributed by atoms with Crippen molar-refractivity contribution in [2.75, 3.05) is 5.32 Å². The quantitative estimate of drug-likeness (QED) is 0.722. The fraction of sp³-hybridized carbons (Fsp3) is 0.150. The van der Waals surface area contributed by atoms with Gasteiger partial charge in [-0.2, -0.15) is 5.26 Å². The van der Waals surface area contributed by atoms with Crippen LogP contribution in [0.1, 0.15) is 25.0 Å². The highest BCUT2D eigenvalue weighted by Crippen LogP contribution is 2.26. The fourth-order valence-electron chi connectivity index (χ4n) is 2.50. The normalized spacial score (nSPS) is 11.1. The number of nitrogens with one attached hydrogen (secondary N) is 1. The van der Waals surface area contributed by atoms with E-state index >= 15 is 0 Å². The predicted octanol–water partition coefficient (Wildman–Crippen LogP) is 4.23. The number of benzene rings is 2. The molecule has 5 nitrogen and oxygen atoms in total. The fourth-order valence-corrected chi connectivity index (χ4v) is 2.50. The average Bonchev–Trinajstić information content (AvgIpc) is 2.64. The van der Waals surface area contributed by atoms with Crippen molar-refractivity contribution < 1.29 is 8.78 Å². The van der Waals surface area contributed by atoms with Crippen molar-refractivity contribution in [3.05, 3.63) is 71.4 Å². The first-order valence-electron chi connectivity index (χ1n) is 8.17. The number of hydrogen-bond acceptors (Lipinski definition) is 5. The maximum atomic E-state index is 13.4. The molecule has 0 aliphatic rings. The zero-order chi connectivity index (χ0) is 19.6. The second-order valence-electron chi connectivity index (χ2n) is 6.62. The van der Waals surface area contributed by atoms with E-state index in [0.29, 0.717) is 16.9 Å². The molecule has 3 N–H and O–H groups in total. The van der Waals surface area contributed by atoms with Crippen LogP contribution >= 0.6 is 0 Å². The molecule has 0 atom stereocenters. The Bertz CT molecular complexity index is 1020. The van der Waals surface area contributed by atoms with E-state index in [0.717, 1.165) is 23.3 Å². The van der Waals surface area contributed by atoms with Gasteiger partial charge in [-0.15, -0.1) is 0 Å². The molecule has 0 amide bonds. The minimum absolute atomic E-state index is 0.165. The minimum Gasteiger partial charge on any atom is -0.324 e. The summed E-state index contributed by atoms with van der Waals surface area (Å²) in [5.74, 6) is -1.75. The van der Waals surface area contributed by atoms with E-state index in [2.05, 4.69) is 21.4 Å². The standard InChI is InChI=1S/C20H17F2N5/c1-20(2,24)14-5-3-12(4-6-14)18-13(10-23)11-25-19(27-18)26-15-7-8-16(21)17(22)9-15/h3-9,11H,24H2,1-2H3,(H,25,26,27). The number of nitriles is 1. The molecule has 0 aliphatic carbocycles. The Labute approximate surface area is 155 Å². The predicted molar refractivity (Wildman–Crippen MR) is 99.0 cm³/mol. The van der Waals surface area contributed by atoms with Crippen LogP contribution in [0, 0.1) is 23.0 Å². The maximum absolute atomic E-state index is 13.4. The molecule has 0 radical (unpaired) electrons. The molecule has 0 aliphatic heterocycles. The monoisotopic (exact) mass is 365 g/mol. The summed E-state index contributed by atoms with van der Waals surface area (Å²) in [7, 11) is 0. The highest BCUT2D eigenvalue weighted by atomic mass is 19.2. The Morgan fingerprint density at radius 1 is 1.07 bits per heavy atom. The van der Waals surface area contributed by atoms with E-state index in [4.69, 9.17) is 5.73 Å². The highest BCUT2D eigenvalue weighted by molar-refractivity contribution is 5.68. The van der Waals surface area contributed by atoms with Gasteiger partial charge < -0.3 is 11.1 Å². The average molecular weight is 365 g/mol. The molecule has 0 bridgehead atoms. The molecule has 2 aromatic carbocycles. The van der Waals surface area contributed by atoms with E-state index < -0.39 is 17.2 Å². The third-order valence-corrected chi connectivity index (χ3v) is 3.99. The van der Waals surface area contributed by atoms with Gasteiger partial charge in [0.15, 0.2) is 11.6 Å². The molecular weight excluding hydrogens is 348 g/mol. The second kappa shape index (κ2) is 7.09. The zero-order valence-corrected chi connectivity index (χ0v) is 14.8. The van der Waals surface area contributed by atoms with Crippen LogP contribution in [0.2, 0.25) is 0 Å². The summed E-state index contributed by atoms with van der Waals surface area (Å²) in [5, 5.41) is 12.2. The van der Waals surface area contributed by atoms with Crippen LogP contribution < -0.4 is 11.1 Å². The van der Waals surface area contributed by atoms with Gasteiger partial charge in [-0.1, -0.05) is 24.3 Å². The molecule has 3 aromatic rings. The molecule has 136 valence electrons. The number of hydrogen-bond donors (Lipinski definition) is 2. The molecule has 0 unspecified atom stereocenters. The van der Waals surface area contributed by atoms with Gasteiger partial charge in [0.25, 0.3) is 0 Å². The van der Waals surface area contributed by atoms with Crippen molar-refractivity contribution in [3.8, 4) is 17.3 Å². The lowest BCUT2D eigenvalue weighted by molar-refractivity contribution is 0.509. The lowest BCUT2D eigenvalue weighted by Gasteiger charge is -2.19. The molecule has 27 heavy (non-hydrogen) atoms. The molecule has 0 saturated carbocycles. The lowest BCUT2D eigenvalue weighted by atomic mass is 9.94. The Morgan fingerprint density at radius 2 is 1.78 bits per heavy atom. The van der Waals surface area contributed by atoms with Crippen LogP contribution in [0.25, 0.3) is 11.3 Å². The van der Waals surface area contributed by atoms with E-state index in [1.807, 2.05) is 38.1 Å². The number of halogens is 2. The van der Waals surface area contributed by atoms with Crippen LogP contribution in [-0.4, -0.2) is 9.97 Å². The van der Waals surface area contributed by atoms with Crippen LogP contribution in [0.15, 0.2) is 48.7 Å². The Kier molecular flexibility index (Phi) is 4.84. The van der Waals surface area contributed by atoms with Crippen molar-refractivity contribution in [3.63, 3.8) is 0 Å². The van der Waals surface area contributed by atoms with Gasteiger partial charge in [-0.05, 0) is 31.5 Å². The molecule has 1 heterocycles. The molecule has 0 fully saturated rings. The van der Waals surface area contributed by atoms with Gasteiger partial charge in [0.05, 0.1) is 17.5 Å². The van der Waals surface area contributed by atoms with Crippen molar-refractivity contribution in [1.82, 2.24) is 9.97 Å². The first-order chi connectivity index (χ1) is 12.8. The Balaban J connectivity index is 1.96. The van der Waals surface area contributed by atoms with Gasteiger partial charge in [0.1, 0.15) is 6.07 Å². The van der Waals surface area contributed by atoms with Crippen LogP contribution in [0.5, 0.6) is 0 Å². The van der Waals surface area contributed by atoms with Gasteiger partial charge in [-0.3, -0.25) is 0 Å². The summed E-state index contributed by atoms with van der Waals surface area (Å²) in [4.78, 5) is 8.42. The molecule has 1 aromatic heterocycles. The summed E-state index contributed by atoms with van der Waals surface area (Å²) >= 11 is 0. The van der Waals surface area contributed by atoms with Gasteiger partial charge in [0, 0.05) is 22.9 Å². The van der Waals surface area contributed by atoms with E-state index in [-0.39, 0.29) is 5.95 Å². The van der Waals surface area contributed by atoms with E-state index in [1.165, 1.54) is 12.3 Å². The van der Waals surface area contributed by atoms with Gasteiger partial charge >= 0.3 is 0 Å². The lowest BCUT2D eigenvalue weighted by Crippen LogP contribution is -2.28. The van der Waals surface area contributed by atoms with Crippen molar-refractivity contribution in [2.45, 2.75) is 19.4 Å². The number of rotatable bonds is 4. The Morgan fingerprint density at radius 3 is 2.37 bits per heavy atom. The Hall–Kier alpha value is -3.37. The third-order valence-electron chi connectivity index (χ3n) is 3.99. The first kappa shape index (κ1) is 18.4. The topological polar surface area (TPSA) is 87.6 Å². The molecule has 0 spiro atoms. The number of nitrogens with zero attached hydrogens (tertiary/aromatic N) is 3.